The summed E-state index contributed by atoms with van der Waals surface area (Å²) in [6.07, 6.45) is 0. The lowest BCUT2D eigenvalue weighted by Gasteiger charge is -2.06. The lowest BCUT2D eigenvalue weighted by molar-refractivity contribution is -0.131. The highest BCUT2D eigenvalue weighted by molar-refractivity contribution is 9.10. The topological polar surface area (TPSA) is 70.4 Å². The monoisotopic (exact) mass is 518 g/mol. The average Bonchev–Trinajstić information content (AvgIpc) is 3.25. The van der Waals surface area contributed by atoms with Gasteiger partial charge in [-0.05, 0) is 47.1 Å². The highest BCUT2D eigenvalue weighted by Gasteiger charge is 2.24. The second-order valence-corrected chi connectivity index (χ2v) is 9.84. The van der Waals surface area contributed by atoms with Crippen molar-refractivity contribution in [2.24, 2.45) is 7.05 Å². The number of carbonyl (C=O) groups is 2. The van der Waals surface area contributed by atoms with Crippen LogP contribution in [-0.2, 0) is 22.3 Å². The van der Waals surface area contributed by atoms with Crippen molar-refractivity contribution < 1.29 is 19.1 Å². The predicted molar refractivity (Wildman–Crippen MR) is 127 cm³/mol. The first-order chi connectivity index (χ1) is 14.9. The Bertz CT molecular complexity index is 1280. The number of nitrogens with zero attached hydrogens (tertiary/aromatic N) is 2. The average molecular weight is 519 g/mol. The van der Waals surface area contributed by atoms with Crippen LogP contribution in [0.15, 0.2) is 45.2 Å². The molecule has 0 aliphatic rings. The fourth-order valence-electron chi connectivity index (χ4n) is 3.37. The van der Waals surface area contributed by atoms with Gasteiger partial charge in [0.2, 0.25) is 0 Å². The maximum atomic E-state index is 12.9. The van der Waals surface area contributed by atoms with Crippen molar-refractivity contribution in [3.63, 3.8) is 0 Å². The van der Waals surface area contributed by atoms with E-state index in [-0.39, 0.29) is 6.61 Å². The summed E-state index contributed by atoms with van der Waals surface area (Å²) in [5.74, 6) is 0.0746. The summed E-state index contributed by atoms with van der Waals surface area (Å²) in [6.45, 7) is 3.39. The molecule has 0 atom stereocenters. The van der Waals surface area contributed by atoms with Crippen molar-refractivity contribution in [3.05, 3.63) is 52.1 Å². The van der Waals surface area contributed by atoms with E-state index in [1.807, 2.05) is 41.9 Å². The number of carbonyl (C=O) groups excluding carboxylic acids is 2. The maximum absolute atomic E-state index is 12.9. The van der Waals surface area contributed by atoms with Gasteiger partial charge in [-0.25, -0.2) is 9.78 Å². The molecule has 31 heavy (non-hydrogen) atoms. The van der Waals surface area contributed by atoms with Gasteiger partial charge in [0.25, 0.3) is 0 Å². The molecule has 0 amide bonds. The van der Waals surface area contributed by atoms with Crippen LogP contribution in [0.2, 0.25) is 0 Å². The number of benzene rings is 2. The fraction of sp³-hybridized carbons (Fsp3) is 0.227. The van der Waals surface area contributed by atoms with Crippen LogP contribution in [0.1, 0.15) is 29.9 Å². The van der Waals surface area contributed by atoms with E-state index in [4.69, 9.17) is 9.47 Å². The molecule has 0 aliphatic heterocycles. The molecule has 0 bridgehead atoms. The first-order valence-electron chi connectivity index (χ1n) is 9.53. The Morgan fingerprint density at radius 1 is 1.26 bits per heavy atom. The van der Waals surface area contributed by atoms with Gasteiger partial charge in [-0.15, -0.1) is 11.3 Å². The molecule has 4 rings (SSSR count). The standard InChI is InChI=1S/C22H19BrN2O4S2/c1-4-28-21(27)20-13-9-18(29-12(2)26)14(23)10-16(13)25(3)17(20)11-30-22-24-15-7-5-6-8-19(15)31-22/h5-10H,4,11H2,1-3H3. The number of hydrogen-bond donors (Lipinski definition) is 0. The van der Waals surface area contributed by atoms with Crippen molar-refractivity contribution in [1.82, 2.24) is 9.55 Å². The molecule has 2 aromatic heterocycles. The molecule has 0 radical (unpaired) electrons. The smallest absolute Gasteiger partial charge is 0.340 e. The third-order valence-electron chi connectivity index (χ3n) is 4.71. The number of thioether (sulfide) groups is 1. The number of aryl methyl sites for hydroxylation is 1. The molecular formula is C22H19BrN2O4S2. The number of para-hydroxylation sites is 1. The van der Waals surface area contributed by atoms with Gasteiger partial charge in [-0.1, -0.05) is 23.9 Å². The second kappa shape index (κ2) is 9.02. The lowest BCUT2D eigenvalue weighted by Crippen LogP contribution is -2.08. The lowest BCUT2D eigenvalue weighted by atomic mass is 10.1. The molecule has 9 heteroatoms. The number of fused-ring (bicyclic) bond motifs is 2. The SMILES string of the molecule is CCOC(=O)c1c(CSc2nc3ccccc3s2)n(C)c2cc(Br)c(OC(C)=O)cc12. The van der Waals surface area contributed by atoms with E-state index in [1.165, 1.54) is 6.92 Å². The Labute approximate surface area is 195 Å². The van der Waals surface area contributed by atoms with Crippen LogP contribution in [0.4, 0.5) is 0 Å². The van der Waals surface area contributed by atoms with Gasteiger partial charge in [0.05, 0.1) is 32.4 Å². The van der Waals surface area contributed by atoms with Gasteiger partial charge in [-0.2, -0.15) is 0 Å². The number of ether oxygens (including phenoxy) is 2. The number of hydrogen-bond acceptors (Lipinski definition) is 7. The molecular weight excluding hydrogens is 500 g/mol. The van der Waals surface area contributed by atoms with E-state index >= 15 is 0 Å². The van der Waals surface area contributed by atoms with E-state index in [1.54, 1.807) is 36.1 Å². The highest BCUT2D eigenvalue weighted by atomic mass is 79.9. The summed E-state index contributed by atoms with van der Waals surface area (Å²) in [6, 6.07) is 11.6. The Kier molecular flexibility index (Phi) is 6.36. The molecule has 0 unspecified atom stereocenters. The van der Waals surface area contributed by atoms with Crippen molar-refractivity contribution in [2.75, 3.05) is 6.61 Å². The van der Waals surface area contributed by atoms with Crippen molar-refractivity contribution in [2.45, 2.75) is 23.9 Å². The van der Waals surface area contributed by atoms with Gasteiger partial charge in [0.1, 0.15) is 5.75 Å². The molecule has 0 saturated heterocycles. The molecule has 0 aliphatic carbocycles. The summed E-state index contributed by atoms with van der Waals surface area (Å²) in [5.41, 5.74) is 3.11. The number of aromatic nitrogens is 2. The van der Waals surface area contributed by atoms with Crippen LogP contribution < -0.4 is 4.74 Å². The van der Waals surface area contributed by atoms with E-state index < -0.39 is 11.9 Å². The van der Waals surface area contributed by atoms with Gasteiger partial charge >= 0.3 is 11.9 Å². The summed E-state index contributed by atoms with van der Waals surface area (Å²) in [7, 11) is 1.91. The van der Waals surface area contributed by atoms with E-state index in [0.717, 1.165) is 25.8 Å². The molecule has 4 aromatic rings. The van der Waals surface area contributed by atoms with E-state index in [2.05, 4.69) is 20.9 Å². The van der Waals surface area contributed by atoms with Crippen LogP contribution in [-0.4, -0.2) is 28.1 Å². The summed E-state index contributed by atoms with van der Waals surface area (Å²) in [4.78, 5) is 29.0. The van der Waals surface area contributed by atoms with Gasteiger partial charge in [-0.3, -0.25) is 4.79 Å². The molecule has 0 N–H and O–H groups in total. The van der Waals surface area contributed by atoms with Crippen molar-refractivity contribution in [1.29, 1.82) is 0 Å². The van der Waals surface area contributed by atoms with Crippen molar-refractivity contribution >= 4 is 72.1 Å². The first-order valence-corrected chi connectivity index (χ1v) is 12.1. The third-order valence-corrected chi connectivity index (χ3v) is 7.52. The van der Waals surface area contributed by atoms with Crippen LogP contribution in [0, 0.1) is 0 Å². The zero-order valence-electron chi connectivity index (χ0n) is 17.1. The van der Waals surface area contributed by atoms with Crippen LogP contribution in [0.25, 0.3) is 21.1 Å². The third kappa shape index (κ3) is 4.35. The minimum Gasteiger partial charge on any atom is -0.462 e. The summed E-state index contributed by atoms with van der Waals surface area (Å²) in [5, 5.41) is 0.681. The largest absolute Gasteiger partial charge is 0.462 e. The highest BCUT2D eigenvalue weighted by Crippen LogP contribution is 2.38. The zero-order valence-corrected chi connectivity index (χ0v) is 20.3. The first kappa shape index (κ1) is 21.9. The number of rotatable bonds is 6. The molecule has 0 fully saturated rings. The molecule has 2 heterocycles. The van der Waals surface area contributed by atoms with Gasteiger partial charge in [0, 0.05) is 30.8 Å². The number of thiazole rings is 1. The van der Waals surface area contributed by atoms with Crippen LogP contribution in [0.3, 0.4) is 0 Å². The fourth-order valence-corrected chi connectivity index (χ4v) is 5.92. The Morgan fingerprint density at radius 2 is 2.03 bits per heavy atom. The number of halogens is 1. The molecule has 0 saturated carbocycles. The van der Waals surface area contributed by atoms with Gasteiger partial charge < -0.3 is 14.0 Å². The molecule has 6 nitrogen and oxygen atoms in total. The minimum absolute atomic E-state index is 0.271. The van der Waals surface area contributed by atoms with Crippen molar-refractivity contribution in [3.8, 4) is 5.75 Å². The van der Waals surface area contributed by atoms with Crippen LogP contribution >= 0.6 is 39.0 Å². The summed E-state index contributed by atoms with van der Waals surface area (Å²) < 4.78 is 15.3. The Hall–Kier alpha value is -2.36. The Morgan fingerprint density at radius 3 is 2.74 bits per heavy atom. The minimum atomic E-state index is -0.430. The van der Waals surface area contributed by atoms with E-state index in [9.17, 15) is 9.59 Å². The zero-order chi connectivity index (χ0) is 22.1. The predicted octanol–water partition coefficient (Wildman–Crippen LogP) is 5.94. The van der Waals surface area contributed by atoms with Crippen LogP contribution in [0.5, 0.6) is 5.75 Å². The molecule has 2 aromatic carbocycles. The number of esters is 2. The molecule has 0 spiro atoms. The Balaban J connectivity index is 1.78. The molecule has 160 valence electrons. The normalized spacial score (nSPS) is 11.2. The van der Waals surface area contributed by atoms with Gasteiger partial charge in [0.15, 0.2) is 4.34 Å². The second-order valence-electron chi connectivity index (χ2n) is 6.73. The summed E-state index contributed by atoms with van der Waals surface area (Å²) >= 11 is 6.66. The van der Waals surface area contributed by atoms with E-state index in [0.29, 0.717) is 26.9 Å². The maximum Gasteiger partial charge on any atom is 0.340 e. The quantitative estimate of drug-likeness (QED) is 0.178.